The smallest absolute Gasteiger partial charge is 0.295 e. The zero-order valence-electron chi connectivity index (χ0n) is 49.2. The minimum absolute atomic E-state index is 0.0000108. The van der Waals surface area contributed by atoms with Crippen LogP contribution in [0, 0.1) is 0 Å². The van der Waals surface area contributed by atoms with Gasteiger partial charge in [-0.1, -0.05) is 123 Å². The molecule has 1 fully saturated rings. The molecule has 19 nitrogen and oxygen atoms in total. The van der Waals surface area contributed by atoms with Crippen LogP contribution >= 0.6 is 0 Å². The Hall–Kier alpha value is -7.22. The predicted molar refractivity (Wildman–Crippen MR) is 334 cm³/mol. The summed E-state index contributed by atoms with van der Waals surface area (Å²) in [5.74, 6) is 0.368. The van der Waals surface area contributed by atoms with Crippen LogP contribution in [-0.2, 0) is 56.0 Å². The van der Waals surface area contributed by atoms with Crippen LogP contribution in [0.15, 0.2) is 171 Å². The molecule has 7 aromatic rings. The molecule has 4 heterocycles. The topological polar surface area (TPSA) is 266 Å². The summed E-state index contributed by atoms with van der Waals surface area (Å²) in [4.78, 5) is 20.8. The van der Waals surface area contributed by atoms with Gasteiger partial charge in [-0.25, -0.2) is 12.7 Å². The molecular weight excluding hydrogens is 1190 g/mol. The number of sulfonamides is 1. The van der Waals surface area contributed by atoms with E-state index in [2.05, 4.69) is 54.8 Å². The van der Waals surface area contributed by atoms with Crippen LogP contribution in [0.25, 0.3) is 21.5 Å². The first-order valence-electron chi connectivity index (χ1n) is 28.9. The quantitative estimate of drug-likeness (QED) is 0.0343. The number of rotatable bonds is 21. The van der Waals surface area contributed by atoms with Gasteiger partial charge in [0.05, 0.1) is 26.9 Å². The molecule has 0 aliphatic carbocycles. The van der Waals surface area contributed by atoms with Crippen molar-refractivity contribution in [3.63, 3.8) is 0 Å². The number of carbonyl (C=O) groups is 1. The van der Waals surface area contributed by atoms with Gasteiger partial charge in [0, 0.05) is 97.3 Å². The number of aromatic nitrogens is 2. The molecular formula is C64H71N6O13S4+. The van der Waals surface area contributed by atoms with Crippen molar-refractivity contribution in [2.75, 3.05) is 50.4 Å². The molecule has 3 aliphatic rings. The second kappa shape index (κ2) is 24.4. The van der Waals surface area contributed by atoms with E-state index in [0.29, 0.717) is 79.0 Å². The predicted octanol–water partition coefficient (Wildman–Crippen LogP) is 10.7. The number of fused-ring (bicyclic) bond motifs is 6. The summed E-state index contributed by atoms with van der Waals surface area (Å²) in [7, 11) is -16.8. The molecule has 0 atom stereocenters. The molecule has 0 bridgehead atoms. The lowest BCUT2D eigenvalue weighted by Gasteiger charge is -2.30. The van der Waals surface area contributed by atoms with Crippen molar-refractivity contribution in [3.05, 3.63) is 185 Å². The highest BCUT2D eigenvalue weighted by Gasteiger charge is 2.46. The Labute approximate surface area is 508 Å². The average molecular weight is 1260 g/mol. The second-order valence-electron chi connectivity index (χ2n) is 23.4. The van der Waals surface area contributed by atoms with Crippen LogP contribution in [0.5, 0.6) is 0 Å². The van der Waals surface area contributed by atoms with E-state index in [1.54, 1.807) is 37.4 Å². The van der Waals surface area contributed by atoms with Crippen molar-refractivity contribution in [2.24, 2.45) is 0 Å². The Morgan fingerprint density at radius 1 is 0.736 bits per heavy atom. The molecule has 10 rings (SSSR count). The second-order valence-corrected chi connectivity index (χ2v) is 29.8. The largest absolute Gasteiger partial charge is 0.344 e. The van der Waals surface area contributed by atoms with Crippen LogP contribution in [0.1, 0.15) is 119 Å². The van der Waals surface area contributed by atoms with Gasteiger partial charge in [0.25, 0.3) is 30.4 Å². The van der Waals surface area contributed by atoms with Crippen LogP contribution in [-0.4, -0.2) is 128 Å². The summed E-state index contributed by atoms with van der Waals surface area (Å²) in [5, 5.41) is 5.92. The average Bonchev–Trinajstić information content (AvgIpc) is 1.97. The van der Waals surface area contributed by atoms with Gasteiger partial charge in [0.15, 0.2) is 11.5 Å². The standard InChI is InChI=1S/C64H70N6O13S4/c1-7-35-69-51-31-29-47-49(24-17-25-53(47)85(75,76)67(6)36-18-28-57(71)68-38-33-45(34-39-68)62-65-61(66-83-62)58(43-20-11-8-12-21-43)44-22-13-9-14-23-44)59(51)63(2,3)55(69)26-15-10-16-27-56-64(4,5)60-50-41-46(86(77,78)79)42-54(87(80,81)82)48(50)30-32-52(60)70(56)37-19-40-84(72,73)74/h8-17,20-27,29-32,41-42,45,58H,7,18-19,28,33-40H2,1-6H3,(H2-,72,73,74,77,78,79,80,81,82)/p+1. The summed E-state index contributed by atoms with van der Waals surface area (Å²) in [6, 6.07) is 34.1. The van der Waals surface area contributed by atoms with Gasteiger partial charge in [0.2, 0.25) is 27.5 Å². The summed E-state index contributed by atoms with van der Waals surface area (Å²) in [6.45, 7) is 11.8. The van der Waals surface area contributed by atoms with Crippen LogP contribution < -0.4 is 4.90 Å². The van der Waals surface area contributed by atoms with Gasteiger partial charge >= 0.3 is 0 Å². The molecule has 1 amide bonds. The summed E-state index contributed by atoms with van der Waals surface area (Å²) in [5.41, 5.74) is 4.89. The van der Waals surface area contributed by atoms with Crippen molar-refractivity contribution in [3.8, 4) is 0 Å². The fourth-order valence-corrected chi connectivity index (χ4v) is 16.1. The zero-order chi connectivity index (χ0) is 62.4. The van der Waals surface area contributed by atoms with E-state index in [-0.39, 0.29) is 59.3 Å². The Morgan fingerprint density at radius 2 is 1.39 bits per heavy atom. The van der Waals surface area contributed by atoms with Gasteiger partial charge in [-0.15, -0.1) is 0 Å². The Bertz CT molecular complexity index is 4380. The maximum Gasteiger partial charge on any atom is 0.295 e. The molecule has 3 N–H and O–H groups in total. The lowest BCUT2D eigenvalue weighted by atomic mass is 9.79. The fraction of sp³-hybridized carbons (Fsp3) is 0.344. The number of nitrogens with zero attached hydrogens (tertiary/aromatic N) is 6. The molecule has 87 heavy (non-hydrogen) atoms. The lowest BCUT2D eigenvalue weighted by Crippen LogP contribution is -2.38. The van der Waals surface area contributed by atoms with E-state index in [9.17, 15) is 52.1 Å². The Balaban J connectivity index is 0.832. The molecule has 0 spiro atoms. The van der Waals surface area contributed by atoms with Gasteiger partial charge < -0.3 is 14.3 Å². The molecule has 3 aliphatic heterocycles. The van der Waals surface area contributed by atoms with Crippen LogP contribution in [0.3, 0.4) is 0 Å². The molecule has 458 valence electrons. The van der Waals surface area contributed by atoms with E-state index in [4.69, 9.17) is 9.51 Å². The third kappa shape index (κ3) is 12.6. The maximum absolute atomic E-state index is 14.5. The number of anilines is 1. The summed E-state index contributed by atoms with van der Waals surface area (Å²) >= 11 is 0. The van der Waals surface area contributed by atoms with Crippen molar-refractivity contribution in [2.45, 2.75) is 110 Å². The van der Waals surface area contributed by atoms with Gasteiger partial charge in [-0.3, -0.25) is 18.5 Å². The third-order valence-electron chi connectivity index (χ3n) is 17.0. The van der Waals surface area contributed by atoms with E-state index < -0.39 is 66.8 Å². The zero-order valence-corrected chi connectivity index (χ0v) is 52.5. The highest BCUT2D eigenvalue weighted by Crippen LogP contribution is 2.52. The molecule has 1 saturated heterocycles. The van der Waals surface area contributed by atoms with Crippen LogP contribution in [0.4, 0.5) is 11.4 Å². The number of likely N-dealkylation sites (tertiary alicyclic amines) is 1. The number of hydrogen-bond acceptors (Lipinski definition) is 13. The van der Waals surface area contributed by atoms with E-state index in [1.807, 2.05) is 96.5 Å². The highest BCUT2D eigenvalue weighted by molar-refractivity contribution is 7.89. The normalized spacial score (nSPS) is 17.1. The van der Waals surface area contributed by atoms with E-state index >= 15 is 0 Å². The molecule has 1 aromatic heterocycles. The maximum atomic E-state index is 14.5. The van der Waals surface area contributed by atoms with Crippen molar-refractivity contribution in [1.82, 2.24) is 19.3 Å². The SMILES string of the molecule is CCC[N+]1=C(/C=C/C=C/C=C2/N(CCCS(=O)(=O)O)c3ccc4c(S(=O)(=O)O)cc(S(=O)(=O)O)cc4c3C2(C)C)C(C)(C)c2c1ccc1c(S(=O)(=O)N(C)CCCC(=O)N3CCC(c4nc(C(c5ccccc5)c5ccccc5)no4)CC3)cccc21. The molecule has 6 aromatic carbocycles. The Kier molecular flexibility index (Phi) is 17.6. The molecule has 23 heteroatoms. The monoisotopic (exact) mass is 1260 g/mol. The number of amides is 1. The molecule has 0 saturated carbocycles. The first-order valence-corrected chi connectivity index (χ1v) is 34.8. The number of allylic oxidation sites excluding steroid dienone is 6. The molecule has 0 radical (unpaired) electrons. The van der Waals surface area contributed by atoms with Crippen molar-refractivity contribution < 1.29 is 61.2 Å². The fourth-order valence-electron chi connectivity index (χ4n) is 12.9. The molecule has 0 unspecified atom stereocenters. The number of benzene rings is 6. The van der Waals surface area contributed by atoms with Gasteiger partial charge in [-0.2, -0.15) is 34.8 Å². The highest BCUT2D eigenvalue weighted by atomic mass is 32.2. The van der Waals surface area contributed by atoms with Gasteiger partial charge in [0.1, 0.15) is 11.4 Å². The van der Waals surface area contributed by atoms with Crippen molar-refractivity contribution >= 4 is 84.9 Å². The summed E-state index contributed by atoms with van der Waals surface area (Å²) < 4.78 is 142. The minimum atomic E-state index is -4.99. The lowest BCUT2D eigenvalue weighted by molar-refractivity contribution is -0.437. The summed E-state index contributed by atoms with van der Waals surface area (Å²) in [6.07, 6.45) is 11.9. The van der Waals surface area contributed by atoms with E-state index in [1.165, 1.54) is 10.4 Å². The first kappa shape index (κ1) is 62.8. The Morgan fingerprint density at radius 3 is 2.02 bits per heavy atom. The number of hydrogen-bond donors (Lipinski definition) is 3. The third-order valence-corrected chi connectivity index (χ3v) is 21.5. The number of piperidine rings is 1. The first-order chi connectivity index (χ1) is 41.1. The van der Waals surface area contributed by atoms with E-state index in [0.717, 1.165) is 46.0 Å². The van der Waals surface area contributed by atoms with Gasteiger partial charge in [-0.05, 0) is 103 Å². The van der Waals surface area contributed by atoms with Crippen LogP contribution in [0.2, 0.25) is 0 Å². The number of carbonyl (C=O) groups excluding carboxylic acids is 1. The minimum Gasteiger partial charge on any atom is -0.344 e. The van der Waals surface area contributed by atoms with Crippen molar-refractivity contribution in [1.29, 1.82) is 0 Å².